The van der Waals surface area contributed by atoms with E-state index in [0.29, 0.717) is 6.61 Å². The Hall–Kier alpha value is -2.15. The van der Waals surface area contributed by atoms with Gasteiger partial charge in [-0.2, -0.15) is 0 Å². The van der Waals surface area contributed by atoms with E-state index in [4.69, 9.17) is 4.52 Å². The molecular formula is C23H25O2P. The summed E-state index contributed by atoms with van der Waals surface area (Å²) < 4.78 is 20.7. The van der Waals surface area contributed by atoms with Crippen LogP contribution in [0.15, 0.2) is 66.7 Å². The topological polar surface area (TPSA) is 26.3 Å². The first kappa shape index (κ1) is 18.6. The predicted octanol–water partition coefficient (Wildman–Crippen LogP) is 5.37. The van der Waals surface area contributed by atoms with E-state index in [-0.39, 0.29) is 0 Å². The Morgan fingerprint density at radius 1 is 0.654 bits per heavy atom. The maximum Gasteiger partial charge on any atom is 0.262 e. The smallest absolute Gasteiger partial charge is 0.262 e. The summed E-state index contributed by atoms with van der Waals surface area (Å²) in [7, 11) is -3.24. The molecule has 0 fully saturated rings. The monoisotopic (exact) mass is 364 g/mol. The third-order valence-electron chi connectivity index (χ3n) is 4.72. The van der Waals surface area contributed by atoms with Gasteiger partial charge in [0.05, 0.1) is 6.61 Å². The second-order valence-corrected chi connectivity index (χ2v) is 9.05. The van der Waals surface area contributed by atoms with E-state index in [0.717, 1.165) is 38.4 Å². The van der Waals surface area contributed by atoms with Crippen LogP contribution in [0.4, 0.5) is 0 Å². The Morgan fingerprint density at radius 2 is 1.08 bits per heavy atom. The molecule has 0 atom stereocenters. The molecule has 0 heterocycles. The highest BCUT2D eigenvalue weighted by atomic mass is 31.2. The van der Waals surface area contributed by atoms with Gasteiger partial charge >= 0.3 is 0 Å². The molecule has 0 aliphatic carbocycles. The number of benzene rings is 3. The summed E-state index contributed by atoms with van der Waals surface area (Å²) in [5, 5.41) is 1.65. The lowest BCUT2D eigenvalue weighted by Crippen LogP contribution is -2.26. The van der Waals surface area contributed by atoms with E-state index in [2.05, 4.69) is 0 Å². The van der Waals surface area contributed by atoms with Gasteiger partial charge in [0, 0.05) is 10.6 Å². The number of rotatable bonds is 5. The fourth-order valence-electron chi connectivity index (χ4n) is 3.52. The van der Waals surface area contributed by atoms with Crippen LogP contribution in [0.1, 0.15) is 27.8 Å². The van der Waals surface area contributed by atoms with Crippen LogP contribution < -0.4 is 10.6 Å². The van der Waals surface area contributed by atoms with Crippen molar-refractivity contribution in [2.75, 3.05) is 0 Å². The van der Waals surface area contributed by atoms with Crippen molar-refractivity contribution in [2.24, 2.45) is 0 Å². The van der Waals surface area contributed by atoms with Gasteiger partial charge in [0.25, 0.3) is 7.37 Å². The molecule has 0 saturated carbocycles. The highest BCUT2D eigenvalue weighted by molar-refractivity contribution is 7.74. The van der Waals surface area contributed by atoms with E-state index >= 15 is 0 Å². The Bertz CT molecular complexity index is 865. The van der Waals surface area contributed by atoms with Crippen LogP contribution in [-0.4, -0.2) is 0 Å². The second kappa shape index (κ2) is 7.61. The van der Waals surface area contributed by atoms with Gasteiger partial charge in [-0.3, -0.25) is 4.57 Å². The molecule has 0 saturated heterocycles. The molecule has 0 spiro atoms. The highest BCUT2D eigenvalue weighted by Crippen LogP contribution is 2.49. The average molecular weight is 364 g/mol. The third-order valence-corrected chi connectivity index (χ3v) is 7.80. The van der Waals surface area contributed by atoms with Crippen molar-refractivity contribution < 1.29 is 9.09 Å². The Kier molecular flexibility index (Phi) is 5.46. The van der Waals surface area contributed by atoms with Crippen LogP contribution in [0.25, 0.3) is 0 Å². The summed E-state index contributed by atoms with van der Waals surface area (Å²) in [6, 6.07) is 22.0. The molecule has 0 N–H and O–H groups in total. The normalized spacial score (nSPS) is 11.5. The number of aryl methyl sites for hydroxylation is 4. The molecule has 3 rings (SSSR count). The summed E-state index contributed by atoms with van der Waals surface area (Å²) in [6.07, 6.45) is 0. The van der Waals surface area contributed by atoms with Crippen LogP contribution >= 0.6 is 7.37 Å². The largest absolute Gasteiger partial charge is 0.317 e. The van der Waals surface area contributed by atoms with Crippen molar-refractivity contribution in [2.45, 2.75) is 34.3 Å². The molecule has 2 nitrogen and oxygen atoms in total. The van der Waals surface area contributed by atoms with Crippen molar-refractivity contribution in [1.82, 2.24) is 0 Å². The molecule has 0 aliphatic heterocycles. The van der Waals surface area contributed by atoms with E-state index in [9.17, 15) is 4.57 Å². The van der Waals surface area contributed by atoms with Gasteiger partial charge in [-0.25, -0.2) is 0 Å². The standard InChI is InChI=1S/C23H25O2P/c1-17-10-8-11-18(2)22(17)26(24,23-19(3)12-9-13-20(23)4)25-16-21-14-6-5-7-15-21/h5-15H,16H2,1-4H3. The number of hydrogen-bond donors (Lipinski definition) is 0. The van der Waals surface area contributed by atoms with E-state index < -0.39 is 7.37 Å². The molecule has 0 aliphatic rings. The summed E-state index contributed by atoms with van der Waals surface area (Å²) >= 11 is 0. The van der Waals surface area contributed by atoms with Crippen molar-refractivity contribution in [1.29, 1.82) is 0 Å². The second-order valence-electron chi connectivity index (χ2n) is 6.79. The molecule has 3 aromatic rings. The quantitative estimate of drug-likeness (QED) is 0.569. The van der Waals surface area contributed by atoms with Gasteiger partial charge in [-0.15, -0.1) is 0 Å². The van der Waals surface area contributed by atoms with Crippen molar-refractivity contribution >= 4 is 18.0 Å². The first-order valence-corrected chi connectivity index (χ1v) is 10.5. The van der Waals surface area contributed by atoms with E-state index in [1.54, 1.807) is 0 Å². The zero-order valence-corrected chi connectivity index (χ0v) is 16.7. The molecular weight excluding hydrogens is 339 g/mol. The minimum Gasteiger partial charge on any atom is -0.317 e. The van der Waals surface area contributed by atoms with Crippen LogP contribution in [0.2, 0.25) is 0 Å². The SMILES string of the molecule is Cc1cccc(C)c1P(=O)(OCc1ccccc1)c1c(C)cccc1C. The van der Waals surface area contributed by atoms with Crippen LogP contribution in [-0.2, 0) is 15.7 Å². The third kappa shape index (κ3) is 3.53. The molecule has 0 radical (unpaired) electrons. The Labute approximate surface area is 156 Å². The minimum absolute atomic E-state index is 0.319. The summed E-state index contributed by atoms with van der Waals surface area (Å²) in [5.41, 5.74) is 5.03. The van der Waals surface area contributed by atoms with Gasteiger partial charge in [0.2, 0.25) is 0 Å². The van der Waals surface area contributed by atoms with Gasteiger partial charge in [-0.1, -0.05) is 66.7 Å². The average Bonchev–Trinajstić information content (AvgIpc) is 2.61. The van der Waals surface area contributed by atoms with Gasteiger partial charge in [-0.05, 0) is 55.5 Å². The van der Waals surface area contributed by atoms with Gasteiger partial charge in [0.1, 0.15) is 0 Å². The van der Waals surface area contributed by atoms with E-state index in [1.165, 1.54) is 0 Å². The Balaban J connectivity index is 2.18. The molecule has 134 valence electrons. The first-order chi connectivity index (χ1) is 12.4. The fourth-order valence-corrected chi connectivity index (χ4v) is 6.49. The maximum atomic E-state index is 14.5. The molecule has 0 aromatic heterocycles. The zero-order valence-electron chi connectivity index (χ0n) is 15.8. The Morgan fingerprint density at radius 3 is 1.50 bits per heavy atom. The molecule has 0 amide bonds. The highest BCUT2D eigenvalue weighted by Gasteiger charge is 2.34. The molecule has 3 heteroatoms. The minimum atomic E-state index is -3.24. The van der Waals surface area contributed by atoms with Crippen LogP contribution in [0, 0.1) is 27.7 Å². The lowest BCUT2D eigenvalue weighted by molar-refractivity contribution is 0.316. The van der Waals surface area contributed by atoms with Crippen molar-refractivity contribution in [3.05, 3.63) is 94.5 Å². The molecule has 0 unspecified atom stereocenters. The van der Waals surface area contributed by atoms with Gasteiger partial charge in [0.15, 0.2) is 0 Å². The molecule has 0 bridgehead atoms. The first-order valence-electron chi connectivity index (χ1n) is 8.85. The predicted molar refractivity (Wildman–Crippen MR) is 110 cm³/mol. The van der Waals surface area contributed by atoms with Crippen LogP contribution in [0.3, 0.4) is 0 Å². The number of hydrogen-bond acceptors (Lipinski definition) is 2. The van der Waals surface area contributed by atoms with Crippen molar-refractivity contribution in [3.8, 4) is 0 Å². The van der Waals surface area contributed by atoms with Gasteiger partial charge < -0.3 is 4.52 Å². The summed E-state index contributed by atoms with van der Waals surface area (Å²) in [4.78, 5) is 0. The zero-order chi connectivity index (χ0) is 18.7. The lowest BCUT2D eigenvalue weighted by atomic mass is 10.1. The molecule has 3 aromatic carbocycles. The lowest BCUT2D eigenvalue weighted by Gasteiger charge is -2.26. The fraction of sp³-hybridized carbons (Fsp3) is 0.217. The van der Waals surface area contributed by atoms with Crippen molar-refractivity contribution in [3.63, 3.8) is 0 Å². The van der Waals surface area contributed by atoms with E-state index in [1.807, 2.05) is 94.4 Å². The summed E-state index contributed by atoms with van der Waals surface area (Å²) in [5.74, 6) is 0. The maximum absolute atomic E-state index is 14.5. The van der Waals surface area contributed by atoms with Crippen LogP contribution in [0.5, 0.6) is 0 Å². The summed E-state index contributed by atoms with van der Waals surface area (Å²) in [6.45, 7) is 8.35. The molecule has 26 heavy (non-hydrogen) atoms.